The molecule has 1 aromatic carbocycles. The van der Waals surface area contributed by atoms with Crippen LogP contribution in [0, 0.1) is 11.3 Å². The number of aryl methyl sites for hydroxylation is 1. The summed E-state index contributed by atoms with van der Waals surface area (Å²) >= 11 is 3.90. The minimum absolute atomic E-state index is 0.166. The molecule has 0 saturated heterocycles. The van der Waals surface area contributed by atoms with E-state index >= 15 is 0 Å². The van der Waals surface area contributed by atoms with Crippen LogP contribution < -0.4 is 5.32 Å². The third kappa shape index (κ3) is 3.00. The van der Waals surface area contributed by atoms with Crippen molar-refractivity contribution in [1.82, 2.24) is 5.32 Å². The standard InChI is InChI=1S/C21H31NOS/c1-14(2)15-6-8-17-16(12-15)7-9-18-20(3,13-22-19(23)24)10-5-11-21(17,18)4/h6,8,12,14,18H,5,7,9-11,13H2,1-4H3,(H2,22,23,24)/t18-,20+,21+/m1/s1. The molecule has 0 unspecified atom stereocenters. The maximum absolute atomic E-state index is 11.3. The number of thiol groups is 1. The first-order chi connectivity index (χ1) is 11.3. The molecular formula is C21H31NOS. The minimum atomic E-state index is -0.207. The van der Waals surface area contributed by atoms with Crippen LogP contribution in [0.3, 0.4) is 0 Å². The van der Waals surface area contributed by atoms with Crippen LogP contribution in [0.2, 0.25) is 0 Å². The van der Waals surface area contributed by atoms with Crippen molar-refractivity contribution in [3.8, 4) is 0 Å². The number of hydrogen-bond acceptors (Lipinski definition) is 1. The highest BCUT2D eigenvalue weighted by Crippen LogP contribution is 2.57. The highest BCUT2D eigenvalue weighted by molar-refractivity contribution is 7.96. The van der Waals surface area contributed by atoms with E-state index in [1.807, 2.05) is 0 Å². The molecular weight excluding hydrogens is 314 g/mol. The van der Waals surface area contributed by atoms with Gasteiger partial charge >= 0.3 is 0 Å². The monoisotopic (exact) mass is 345 g/mol. The third-order valence-electron chi connectivity index (χ3n) is 6.81. The molecule has 1 amide bonds. The Labute approximate surface area is 152 Å². The first-order valence-electron chi connectivity index (χ1n) is 9.36. The number of amides is 1. The van der Waals surface area contributed by atoms with Gasteiger partial charge in [-0.1, -0.05) is 64.9 Å². The largest absolute Gasteiger partial charge is 0.347 e. The highest BCUT2D eigenvalue weighted by Gasteiger charge is 2.51. The van der Waals surface area contributed by atoms with Gasteiger partial charge in [-0.05, 0) is 65.0 Å². The first-order valence-corrected chi connectivity index (χ1v) is 9.81. The predicted molar refractivity (Wildman–Crippen MR) is 104 cm³/mol. The number of rotatable bonds is 3. The summed E-state index contributed by atoms with van der Waals surface area (Å²) in [6.45, 7) is 10.1. The summed E-state index contributed by atoms with van der Waals surface area (Å²) in [6, 6.07) is 7.18. The maximum atomic E-state index is 11.3. The van der Waals surface area contributed by atoms with E-state index in [0.29, 0.717) is 11.8 Å². The van der Waals surface area contributed by atoms with Crippen LogP contribution in [0.25, 0.3) is 0 Å². The Morgan fingerprint density at radius 3 is 2.75 bits per heavy atom. The first kappa shape index (κ1) is 17.8. The van der Waals surface area contributed by atoms with Crippen LogP contribution in [0.5, 0.6) is 0 Å². The summed E-state index contributed by atoms with van der Waals surface area (Å²) in [5, 5.41) is 2.77. The normalized spacial score (nSPS) is 32.2. The summed E-state index contributed by atoms with van der Waals surface area (Å²) in [4.78, 5) is 11.3. The van der Waals surface area contributed by atoms with E-state index in [0.717, 1.165) is 6.54 Å². The zero-order valence-electron chi connectivity index (χ0n) is 15.5. The fourth-order valence-electron chi connectivity index (χ4n) is 5.49. The van der Waals surface area contributed by atoms with Crippen molar-refractivity contribution in [1.29, 1.82) is 0 Å². The molecule has 132 valence electrons. The van der Waals surface area contributed by atoms with Crippen molar-refractivity contribution >= 4 is 17.9 Å². The van der Waals surface area contributed by atoms with E-state index in [1.165, 1.54) is 37.7 Å². The molecule has 2 nitrogen and oxygen atoms in total. The molecule has 0 heterocycles. The number of nitrogens with one attached hydrogen (secondary N) is 1. The lowest BCUT2D eigenvalue weighted by atomic mass is 9.49. The quantitative estimate of drug-likeness (QED) is 0.700. The molecule has 0 spiro atoms. The zero-order chi connectivity index (χ0) is 17.5. The molecule has 0 bridgehead atoms. The number of carbonyl (C=O) groups is 1. The van der Waals surface area contributed by atoms with E-state index < -0.39 is 0 Å². The van der Waals surface area contributed by atoms with Gasteiger partial charge in [0.25, 0.3) is 5.24 Å². The Morgan fingerprint density at radius 2 is 2.08 bits per heavy atom. The molecule has 2 aliphatic carbocycles. The van der Waals surface area contributed by atoms with Crippen LogP contribution in [0.1, 0.15) is 76.0 Å². The van der Waals surface area contributed by atoms with Crippen molar-refractivity contribution < 1.29 is 4.79 Å². The van der Waals surface area contributed by atoms with Gasteiger partial charge in [-0.2, -0.15) is 0 Å². The molecule has 2 aliphatic rings. The van der Waals surface area contributed by atoms with Crippen LogP contribution in [0.4, 0.5) is 4.79 Å². The molecule has 1 saturated carbocycles. The second kappa shape index (κ2) is 6.40. The second-order valence-electron chi connectivity index (χ2n) is 8.75. The summed E-state index contributed by atoms with van der Waals surface area (Å²) in [7, 11) is 0. The Morgan fingerprint density at radius 1 is 1.33 bits per heavy atom. The Kier molecular flexibility index (Phi) is 4.76. The molecule has 1 aromatic rings. The number of fused-ring (bicyclic) bond motifs is 3. The lowest BCUT2D eigenvalue weighted by molar-refractivity contribution is 0.0284. The van der Waals surface area contributed by atoms with Gasteiger partial charge in [-0.25, -0.2) is 0 Å². The lowest BCUT2D eigenvalue weighted by Gasteiger charge is -2.55. The molecule has 1 fully saturated rings. The van der Waals surface area contributed by atoms with Crippen molar-refractivity contribution in [2.45, 2.75) is 71.1 Å². The van der Waals surface area contributed by atoms with Gasteiger partial charge in [0, 0.05) is 6.54 Å². The Bertz CT molecular complexity index is 641. The van der Waals surface area contributed by atoms with E-state index in [-0.39, 0.29) is 16.1 Å². The molecule has 1 N–H and O–H groups in total. The summed E-state index contributed by atoms with van der Waals surface area (Å²) in [6.07, 6.45) is 6.08. The van der Waals surface area contributed by atoms with Gasteiger partial charge < -0.3 is 5.32 Å². The molecule has 3 rings (SSSR count). The van der Waals surface area contributed by atoms with Gasteiger partial charge in [0.2, 0.25) is 0 Å². The average molecular weight is 346 g/mol. The SMILES string of the molecule is CC(C)c1ccc2c(c1)CC[C@@H]1[C@](C)(CNC(=O)S)CCC[C@@]21C. The van der Waals surface area contributed by atoms with E-state index in [2.05, 4.69) is 63.8 Å². The van der Waals surface area contributed by atoms with Gasteiger partial charge in [0.1, 0.15) is 0 Å². The molecule has 3 heteroatoms. The highest BCUT2D eigenvalue weighted by atomic mass is 32.1. The van der Waals surface area contributed by atoms with Crippen molar-refractivity contribution in [3.63, 3.8) is 0 Å². The van der Waals surface area contributed by atoms with Gasteiger partial charge in [-0.15, -0.1) is 0 Å². The van der Waals surface area contributed by atoms with Crippen LogP contribution in [-0.2, 0) is 11.8 Å². The summed E-state index contributed by atoms with van der Waals surface area (Å²) in [5.41, 5.74) is 4.97. The van der Waals surface area contributed by atoms with Gasteiger partial charge in [0.15, 0.2) is 0 Å². The number of benzene rings is 1. The molecule has 24 heavy (non-hydrogen) atoms. The number of hydrogen-bond donors (Lipinski definition) is 2. The van der Waals surface area contributed by atoms with Crippen molar-refractivity contribution in [3.05, 3.63) is 34.9 Å². The van der Waals surface area contributed by atoms with Gasteiger partial charge in [-0.3, -0.25) is 4.79 Å². The lowest BCUT2D eigenvalue weighted by Crippen LogP contribution is -2.52. The average Bonchev–Trinajstić information content (AvgIpc) is 2.52. The van der Waals surface area contributed by atoms with E-state index in [4.69, 9.17) is 0 Å². The Balaban J connectivity index is 1.95. The smallest absolute Gasteiger partial charge is 0.275 e. The van der Waals surface area contributed by atoms with Crippen LogP contribution in [-0.4, -0.2) is 11.8 Å². The zero-order valence-corrected chi connectivity index (χ0v) is 16.4. The second-order valence-corrected chi connectivity index (χ2v) is 9.15. The van der Waals surface area contributed by atoms with E-state index in [9.17, 15) is 4.79 Å². The van der Waals surface area contributed by atoms with Crippen molar-refractivity contribution in [2.24, 2.45) is 11.3 Å². The fraction of sp³-hybridized carbons (Fsp3) is 0.667. The minimum Gasteiger partial charge on any atom is -0.347 e. The predicted octanol–water partition coefficient (Wildman–Crippen LogP) is 5.46. The Hall–Kier alpha value is -0.960. The topological polar surface area (TPSA) is 29.1 Å². The van der Waals surface area contributed by atoms with Gasteiger partial charge in [0.05, 0.1) is 0 Å². The summed E-state index contributed by atoms with van der Waals surface area (Å²) in [5.74, 6) is 1.21. The molecule has 0 radical (unpaired) electrons. The molecule has 0 aromatic heterocycles. The maximum Gasteiger partial charge on any atom is 0.275 e. The fourth-order valence-corrected chi connectivity index (χ4v) is 5.57. The van der Waals surface area contributed by atoms with Crippen LogP contribution in [0.15, 0.2) is 18.2 Å². The van der Waals surface area contributed by atoms with Crippen molar-refractivity contribution in [2.75, 3.05) is 6.54 Å². The van der Waals surface area contributed by atoms with Crippen LogP contribution >= 0.6 is 12.6 Å². The molecule has 0 aliphatic heterocycles. The summed E-state index contributed by atoms with van der Waals surface area (Å²) < 4.78 is 0. The molecule has 3 atom stereocenters. The number of carbonyl (C=O) groups excluding carboxylic acids is 1. The van der Waals surface area contributed by atoms with E-state index in [1.54, 1.807) is 11.1 Å². The third-order valence-corrected chi connectivity index (χ3v) is 6.97.